The van der Waals surface area contributed by atoms with Gasteiger partial charge in [0.25, 0.3) is 0 Å². The number of hydrogen-bond acceptors (Lipinski definition) is 2. The molecule has 0 N–H and O–H groups in total. The van der Waals surface area contributed by atoms with Gasteiger partial charge >= 0.3 is 0 Å². The highest BCUT2D eigenvalue weighted by atomic mass is 16.3. The second-order valence-electron chi connectivity index (χ2n) is 1.75. The second-order valence-corrected chi connectivity index (χ2v) is 1.75. The normalized spacial score (nSPS) is 10.5. The van der Waals surface area contributed by atoms with Crippen LogP contribution in [0.4, 0.5) is 0 Å². The van der Waals surface area contributed by atoms with Crippen LogP contribution >= 0.6 is 0 Å². The lowest BCUT2D eigenvalue weighted by Gasteiger charge is -1.79. The van der Waals surface area contributed by atoms with Crippen molar-refractivity contribution < 1.29 is 9.21 Å². The summed E-state index contributed by atoms with van der Waals surface area (Å²) >= 11 is 0. The van der Waals surface area contributed by atoms with Gasteiger partial charge < -0.3 is 4.42 Å². The van der Waals surface area contributed by atoms with E-state index < -0.39 is 5.78 Å². The average molecular weight is 134 g/mol. The third-order valence-corrected chi connectivity index (χ3v) is 0.955. The van der Waals surface area contributed by atoms with E-state index >= 15 is 0 Å². The predicted octanol–water partition coefficient (Wildman–Crippen LogP) is 1.57. The van der Waals surface area contributed by atoms with E-state index in [0.29, 0.717) is 5.76 Å². The maximum atomic E-state index is 10.2. The third-order valence-electron chi connectivity index (χ3n) is 0.955. The Morgan fingerprint density at radius 1 is 1.70 bits per heavy atom. The third kappa shape index (κ3) is 1.90. The first-order chi connectivity index (χ1) is 4.79. The number of allylic oxidation sites excluding steroid dienone is 1. The molecule has 0 saturated carbocycles. The Hall–Kier alpha value is -1.31. The van der Waals surface area contributed by atoms with Crippen molar-refractivity contribution in [2.24, 2.45) is 0 Å². The fourth-order valence-electron chi connectivity index (χ4n) is 0.550. The van der Waals surface area contributed by atoms with Gasteiger partial charge in [-0.2, -0.15) is 0 Å². The van der Waals surface area contributed by atoms with E-state index in [0.717, 1.165) is 0 Å². The van der Waals surface area contributed by atoms with Gasteiger partial charge in [0.15, 0.2) is 5.78 Å². The van der Waals surface area contributed by atoms with E-state index in [2.05, 4.69) is 0 Å². The largest absolute Gasteiger partial charge is 0.465 e. The van der Waals surface area contributed by atoms with Crippen LogP contribution in [0.3, 0.4) is 0 Å². The summed E-state index contributed by atoms with van der Waals surface area (Å²) in [5, 5.41) is 0. The van der Waals surface area contributed by atoms with E-state index in [1.807, 2.05) is 0 Å². The minimum absolute atomic E-state index is 0.476. The summed E-state index contributed by atoms with van der Waals surface area (Å²) in [6, 6.07) is 3.47. The molecule has 0 aliphatic heterocycles. The molecule has 0 aliphatic rings. The zero-order valence-electron chi connectivity index (χ0n) is 5.28. The molecule has 2 radical (unpaired) electrons. The van der Waals surface area contributed by atoms with Crippen molar-refractivity contribution in [2.75, 3.05) is 0 Å². The van der Waals surface area contributed by atoms with Gasteiger partial charge in [-0.15, -0.1) is 0 Å². The molecule has 0 fully saturated rings. The van der Waals surface area contributed by atoms with Gasteiger partial charge in [0, 0.05) is 6.92 Å². The molecule has 0 amide bonds. The Labute approximate surface area is 59.2 Å². The van der Waals surface area contributed by atoms with E-state index in [9.17, 15) is 4.79 Å². The summed E-state index contributed by atoms with van der Waals surface area (Å²) in [4.78, 5) is 10.2. The van der Waals surface area contributed by atoms with Crippen molar-refractivity contribution >= 4 is 11.9 Å². The molecule has 0 saturated heterocycles. The van der Waals surface area contributed by atoms with Crippen LogP contribution in [-0.4, -0.2) is 5.78 Å². The minimum atomic E-state index is -0.476. The molecule has 0 aliphatic carbocycles. The number of carbonyl (C=O) groups is 1. The highest BCUT2D eigenvalue weighted by Crippen LogP contribution is 2.01. The van der Waals surface area contributed by atoms with Gasteiger partial charge in [0.2, 0.25) is 0 Å². The van der Waals surface area contributed by atoms with Crippen molar-refractivity contribution in [1.82, 2.24) is 0 Å². The average Bonchev–Trinajstić information content (AvgIpc) is 2.34. The van der Waals surface area contributed by atoms with E-state index in [1.165, 1.54) is 18.4 Å². The SMILES string of the molecule is [CH]C(=O)/C=C/c1ccco1. The van der Waals surface area contributed by atoms with Crippen LogP contribution in [0.25, 0.3) is 6.08 Å². The number of carbonyl (C=O) groups excluding carboxylic acids is 1. The molecule has 1 rings (SSSR count). The topological polar surface area (TPSA) is 30.2 Å². The number of hydrogen-bond donors (Lipinski definition) is 0. The molecular formula is C8H6O2. The van der Waals surface area contributed by atoms with Crippen LogP contribution in [-0.2, 0) is 4.79 Å². The molecule has 0 aromatic carbocycles. The van der Waals surface area contributed by atoms with Crippen LogP contribution < -0.4 is 0 Å². The van der Waals surface area contributed by atoms with E-state index in [-0.39, 0.29) is 0 Å². The highest BCUT2D eigenvalue weighted by Gasteiger charge is 1.87. The number of furan rings is 1. The molecule has 1 aromatic heterocycles. The van der Waals surface area contributed by atoms with Crippen LogP contribution in [0.2, 0.25) is 0 Å². The molecule has 0 atom stereocenters. The fourth-order valence-corrected chi connectivity index (χ4v) is 0.550. The van der Waals surface area contributed by atoms with Crippen molar-refractivity contribution in [3.8, 4) is 0 Å². The lowest BCUT2D eigenvalue weighted by molar-refractivity contribution is -0.110. The Bertz CT molecular complexity index is 232. The molecule has 0 bridgehead atoms. The zero-order chi connectivity index (χ0) is 7.40. The molecule has 10 heavy (non-hydrogen) atoms. The van der Waals surface area contributed by atoms with Crippen LogP contribution in [0.15, 0.2) is 28.9 Å². The second kappa shape index (κ2) is 3.01. The lowest BCUT2D eigenvalue weighted by Crippen LogP contribution is -1.78. The quantitative estimate of drug-likeness (QED) is 0.575. The van der Waals surface area contributed by atoms with Crippen molar-refractivity contribution in [2.45, 2.75) is 0 Å². The first kappa shape index (κ1) is 6.81. The molecule has 0 unspecified atom stereocenters. The van der Waals surface area contributed by atoms with Gasteiger partial charge in [-0.05, 0) is 24.3 Å². The Morgan fingerprint density at radius 2 is 2.50 bits per heavy atom. The van der Waals surface area contributed by atoms with Crippen molar-refractivity contribution in [3.05, 3.63) is 37.2 Å². The van der Waals surface area contributed by atoms with Gasteiger partial charge in [-0.1, -0.05) is 0 Å². The summed E-state index contributed by atoms with van der Waals surface area (Å²) in [5.41, 5.74) is 0. The first-order valence-corrected chi connectivity index (χ1v) is 2.80. The van der Waals surface area contributed by atoms with Crippen LogP contribution in [0, 0.1) is 6.92 Å². The van der Waals surface area contributed by atoms with E-state index in [4.69, 9.17) is 11.3 Å². The monoisotopic (exact) mass is 134 g/mol. The maximum absolute atomic E-state index is 10.2. The Morgan fingerprint density at radius 3 is 3.00 bits per heavy atom. The predicted molar refractivity (Wildman–Crippen MR) is 37.0 cm³/mol. The summed E-state index contributed by atoms with van der Waals surface area (Å²) in [7, 11) is 0. The van der Waals surface area contributed by atoms with Gasteiger partial charge in [-0.3, -0.25) is 4.79 Å². The molecule has 2 heteroatoms. The van der Waals surface area contributed by atoms with E-state index in [1.54, 1.807) is 12.1 Å². The highest BCUT2D eigenvalue weighted by molar-refractivity contribution is 5.96. The molecule has 1 aromatic rings. The van der Waals surface area contributed by atoms with Gasteiger partial charge in [0.05, 0.1) is 6.26 Å². The summed E-state index contributed by atoms with van der Waals surface area (Å²) in [5.74, 6) is 0.148. The van der Waals surface area contributed by atoms with Crippen LogP contribution in [0.5, 0.6) is 0 Å². The Balaban J connectivity index is 2.64. The maximum Gasteiger partial charge on any atom is 0.160 e. The molecule has 50 valence electrons. The first-order valence-electron chi connectivity index (χ1n) is 2.80. The lowest BCUT2D eigenvalue weighted by atomic mass is 10.3. The summed E-state index contributed by atoms with van der Waals surface area (Å²) < 4.78 is 4.89. The number of ketones is 1. The molecule has 0 spiro atoms. The van der Waals surface area contributed by atoms with Gasteiger partial charge in [0.1, 0.15) is 5.76 Å². The fraction of sp³-hybridized carbons (Fsp3) is 0. The zero-order valence-corrected chi connectivity index (χ0v) is 5.28. The smallest absolute Gasteiger partial charge is 0.160 e. The van der Waals surface area contributed by atoms with Crippen molar-refractivity contribution in [1.29, 1.82) is 0 Å². The van der Waals surface area contributed by atoms with Crippen LogP contribution in [0.1, 0.15) is 5.76 Å². The van der Waals surface area contributed by atoms with Crippen molar-refractivity contribution in [3.63, 3.8) is 0 Å². The summed E-state index contributed by atoms with van der Waals surface area (Å²) in [6.45, 7) is 4.84. The molecule has 1 heterocycles. The summed E-state index contributed by atoms with van der Waals surface area (Å²) in [6.07, 6.45) is 4.29. The minimum Gasteiger partial charge on any atom is -0.465 e. The number of rotatable bonds is 2. The molecule has 2 nitrogen and oxygen atoms in total. The Kier molecular flexibility index (Phi) is 2.05. The standard InChI is InChI=1S/C8H6O2/c1-7(9)4-5-8-3-2-6-10-8/h1-6H/b5-4+. The van der Waals surface area contributed by atoms with Gasteiger partial charge in [-0.25, -0.2) is 0 Å². The molecular weight excluding hydrogens is 128 g/mol.